The molecule has 1 heterocycles. The molecule has 2 aliphatic rings. The number of aliphatic imine (C=N–C) groups is 1. The van der Waals surface area contributed by atoms with Gasteiger partial charge in [0, 0.05) is 5.02 Å². The average molecular weight is 221 g/mol. The highest BCUT2D eigenvalue weighted by Crippen LogP contribution is 2.44. The van der Waals surface area contributed by atoms with Crippen LogP contribution in [0.25, 0.3) is 0 Å². The van der Waals surface area contributed by atoms with Gasteiger partial charge in [0.2, 0.25) is 0 Å². The third-order valence-corrected chi connectivity index (χ3v) is 3.17. The van der Waals surface area contributed by atoms with E-state index in [1.54, 1.807) is 0 Å². The first-order valence-electron chi connectivity index (χ1n) is 5.20. The van der Waals surface area contributed by atoms with Gasteiger partial charge in [-0.05, 0) is 42.0 Å². The van der Waals surface area contributed by atoms with Crippen molar-refractivity contribution in [3.8, 4) is 0 Å². The molecule has 0 bridgehead atoms. The minimum Gasteiger partial charge on any atom is -0.471 e. The molecule has 1 aromatic rings. The van der Waals surface area contributed by atoms with Crippen molar-refractivity contribution < 1.29 is 4.74 Å². The van der Waals surface area contributed by atoms with E-state index >= 15 is 0 Å². The second-order valence-electron chi connectivity index (χ2n) is 4.09. The fourth-order valence-electron chi connectivity index (χ4n) is 2.01. The SMILES string of the molecule is Clc1ccc(C2CO[C]=N2)c(C2CC2)c1. The van der Waals surface area contributed by atoms with Crippen molar-refractivity contribution >= 4 is 18.0 Å². The summed E-state index contributed by atoms with van der Waals surface area (Å²) in [6, 6.07) is 6.19. The van der Waals surface area contributed by atoms with Gasteiger partial charge >= 0.3 is 0 Å². The highest BCUT2D eigenvalue weighted by molar-refractivity contribution is 6.30. The third-order valence-electron chi connectivity index (χ3n) is 2.94. The van der Waals surface area contributed by atoms with Crippen LogP contribution in [-0.4, -0.2) is 13.0 Å². The highest BCUT2D eigenvalue weighted by atomic mass is 35.5. The minimum absolute atomic E-state index is 0.123. The maximum absolute atomic E-state index is 6.02. The van der Waals surface area contributed by atoms with Crippen LogP contribution in [0.15, 0.2) is 23.2 Å². The molecule has 0 saturated heterocycles. The van der Waals surface area contributed by atoms with Gasteiger partial charge in [0.25, 0.3) is 6.40 Å². The molecule has 3 heteroatoms. The summed E-state index contributed by atoms with van der Waals surface area (Å²) in [4.78, 5) is 4.19. The van der Waals surface area contributed by atoms with E-state index in [0.717, 1.165) is 5.02 Å². The van der Waals surface area contributed by atoms with Gasteiger partial charge < -0.3 is 4.74 Å². The largest absolute Gasteiger partial charge is 0.471 e. The van der Waals surface area contributed by atoms with E-state index in [9.17, 15) is 0 Å². The van der Waals surface area contributed by atoms with E-state index < -0.39 is 0 Å². The Hall–Kier alpha value is -1.02. The highest BCUT2D eigenvalue weighted by Gasteiger charge is 2.29. The normalized spacial score (nSPS) is 24.2. The van der Waals surface area contributed by atoms with Crippen molar-refractivity contribution in [3.05, 3.63) is 34.3 Å². The van der Waals surface area contributed by atoms with Crippen LogP contribution in [0.1, 0.15) is 35.9 Å². The number of hydrogen-bond acceptors (Lipinski definition) is 2. The van der Waals surface area contributed by atoms with Crippen LogP contribution < -0.4 is 0 Å². The molecule has 1 aliphatic heterocycles. The summed E-state index contributed by atoms with van der Waals surface area (Å²) in [5, 5.41) is 0.813. The Balaban J connectivity index is 2.01. The van der Waals surface area contributed by atoms with Crippen LogP contribution in [-0.2, 0) is 4.74 Å². The molecule has 77 valence electrons. The van der Waals surface area contributed by atoms with Crippen LogP contribution in [0.2, 0.25) is 5.02 Å². The first-order chi connectivity index (χ1) is 7.34. The zero-order valence-corrected chi connectivity index (χ0v) is 9.00. The van der Waals surface area contributed by atoms with E-state index in [1.165, 1.54) is 24.0 Å². The lowest BCUT2D eigenvalue weighted by Gasteiger charge is -2.12. The first-order valence-corrected chi connectivity index (χ1v) is 5.58. The molecule has 1 atom stereocenters. The Kier molecular flexibility index (Phi) is 2.17. The summed E-state index contributed by atoms with van der Waals surface area (Å²) in [7, 11) is 0. The summed E-state index contributed by atoms with van der Waals surface area (Å²) in [6.07, 6.45) is 5.11. The quantitative estimate of drug-likeness (QED) is 0.750. The van der Waals surface area contributed by atoms with Gasteiger partial charge in [0.05, 0.1) is 0 Å². The molecule has 0 amide bonds. The molecule has 15 heavy (non-hydrogen) atoms. The lowest BCUT2D eigenvalue weighted by atomic mass is 9.98. The lowest BCUT2D eigenvalue weighted by Crippen LogP contribution is -2.01. The van der Waals surface area contributed by atoms with E-state index in [2.05, 4.69) is 23.5 Å². The molecule has 1 unspecified atom stereocenters. The summed E-state index contributed by atoms with van der Waals surface area (Å²) >= 11 is 6.02. The monoisotopic (exact) mass is 220 g/mol. The standard InChI is InChI=1S/C12H11ClNO/c13-9-3-4-10(12-6-15-7-14-12)11(5-9)8-1-2-8/h3-5,8,12H,1-2,6H2. The summed E-state index contributed by atoms with van der Waals surface area (Å²) in [6.45, 7) is 0.612. The lowest BCUT2D eigenvalue weighted by molar-refractivity contribution is 0.330. The predicted octanol–water partition coefficient (Wildman–Crippen LogP) is 3.19. The molecular weight excluding hydrogens is 210 g/mol. The molecule has 0 aromatic heterocycles. The number of benzene rings is 1. The summed E-state index contributed by atoms with van der Waals surface area (Å²) in [5.41, 5.74) is 2.61. The van der Waals surface area contributed by atoms with Crippen molar-refractivity contribution in [2.45, 2.75) is 24.8 Å². The van der Waals surface area contributed by atoms with Gasteiger partial charge in [-0.3, -0.25) is 0 Å². The Morgan fingerprint density at radius 2 is 2.20 bits per heavy atom. The molecule has 0 N–H and O–H groups in total. The van der Waals surface area contributed by atoms with Gasteiger partial charge in [-0.1, -0.05) is 17.7 Å². The van der Waals surface area contributed by atoms with E-state index in [-0.39, 0.29) is 6.04 Å². The number of hydrogen-bond donors (Lipinski definition) is 0. The second-order valence-corrected chi connectivity index (χ2v) is 4.53. The van der Waals surface area contributed by atoms with Crippen LogP contribution in [0.5, 0.6) is 0 Å². The molecule has 1 aromatic carbocycles. The zero-order chi connectivity index (χ0) is 10.3. The van der Waals surface area contributed by atoms with Crippen molar-refractivity contribution in [2.75, 3.05) is 6.61 Å². The first kappa shape index (κ1) is 9.22. The Labute approximate surface area is 93.9 Å². The summed E-state index contributed by atoms with van der Waals surface area (Å²) in [5.74, 6) is 0.689. The van der Waals surface area contributed by atoms with Gasteiger partial charge in [0.1, 0.15) is 12.6 Å². The third kappa shape index (κ3) is 1.74. The average Bonchev–Trinajstić information content (AvgIpc) is 2.95. The van der Waals surface area contributed by atoms with Crippen molar-refractivity contribution in [1.29, 1.82) is 0 Å². The van der Waals surface area contributed by atoms with Crippen LogP contribution >= 0.6 is 11.6 Å². The van der Waals surface area contributed by atoms with Crippen LogP contribution in [0.4, 0.5) is 0 Å². The maximum Gasteiger partial charge on any atom is 0.273 e. The van der Waals surface area contributed by atoms with Crippen LogP contribution in [0.3, 0.4) is 0 Å². The zero-order valence-electron chi connectivity index (χ0n) is 8.24. The maximum atomic E-state index is 6.02. The molecule has 2 nitrogen and oxygen atoms in total. The Morgan fingerprint density at radius 1 is 1.33 bits per heavy atom. The van der Waals surface area contributed by atoms with Crippen LogP contribution in [0, 0.1) is 0 Å². The topological polar surface area (TPSA) is 21.6 Å². The van der Waals surface area contributed by atoms with Gasteiger partial charge in [-0.15, -0.1) is 0 Å². The second kappa shape index (κ2) is 3.53. The number of rotatable bonds is 2. The van der Waals surface area contributed by atoms with E-state index in [1.807, 2.05) is 6.07 Å². The van der Waals surface area contributed by atoms with Crippen molar-refractivity contribution in [3.63, 3.8) is 0 Å². The molecular formula is C12H11ClNO. The van der Waals surface area contributed by atoms with E-state index in [4.69, 9.17) is 16.3 Å². The predicted molar refractivity (Wildman–Crippen MR) is 59.6 cm³/mol. The number of nitrogens with zero attached hydrogens (tertiary/aromatic N) is 1. The van der Waals surface area contributed by atoms with Crippen molar-refractivity contribution in [1.82, 2.24) is 0 Å². The Bertz CT molecular complexity index is 412. The van der Waals surface area contributed by atoms with Crippen molar-refractivity contribution in [2.24, 2.45) is 4.99 Å². The number of halogens is 1. The van der Waals surface area contributed by atoms with Gasteiger partial charge in [0.15, 0.2) is 0 Å². The fraction of sp³-hybridized carbons (Fsp3) is 0.417. The summed E-state index contributed by atoms with van der Waals surface area (Å²) < 4.78 is 5.05. The van der Waals surface area contributed by atoms with Gasteiger partial charge in [-0.2, -0.15) is 0 Å². The molecule has 0 spiro atoms. The molecule has 1 fully saturated rings. The molecule has 1 radical (unpaired) electrons. The smallest absolute Gasteiger partial charge is 0.273 e. The number of ether oxygens (including phenoxy) is 1. The Morgan fingerprint density at radius 3 is 2.87 bits per heavy atom. The minimum atomic E-state index is 0.123. The van der Waals surface area contributed by atoms with Gasteiger partial charge in [-0.25, -0.2) is 4.99 Å². The molecule has 1 saturated carbocycles. The molecule has 3 rings (SSSR count). The molecule has 1 aliphatic carbocycles. The fourth-order valence-corrected chi connectivity index (χ4v) is 2.19. The van der Waals surface area contributed by atoms with E-state index in [0.29, 0.717) is 12.5 Å².